The van der Waals surface area contributed by atoms with Gasteiger partial charge in [0.2, 0.25) is 0 Å². The molecular weight excluding hydrogens is 377 g/mol. The van der Waals surface area contributed by atoms with Crippen LogP contribution in [0.2, 0.25) is 0 Å². The maximum absolute atomic E-state index is 5.27. The predicted octanol–water partition coefficient (Wildman–Crippen LogP) is 4.02. The quantitative estimate of drug-likeness (QED) is 0.748. The van der Waals surface area contributed by atoms with Gasteiger partial charge in [-0.3, -0.25) is 0 Å². The zero-order chi connectivity index (χ0) is 15.2. The standard InChI is InChI=1S/C16H20IN3O/c1-4-9-18-16-14(17)13(10-21-3)19-15(20-16)12-8-6-5-7-11(12)2/h5-8H,4,9-10H2,1-3H3,(H,18,19,20). The molecule has 0 atom stereocenters. The van der Waals surface area contributed by atoms with Gasteiger partial charge in [-0.15, -0.1) is 0 Å². The first-order chi connectivity index (χ1) is 10.2. The molecule has 0 unspecified atom stereocenters. The number of anilines is 1. The highest BCUT2D eigenvalue weighted by Crippen LogP contribution is 2.26. The summed E-state index contributed by atoms with van der Waals surface area (Å²) in [4.78, 5) is 9.38. The van der Waals surface area contributed by atoms with Gasteiger partial charge in [-0.25, -0.2) is 9.97 Å². The summed E-state index contributed by atoms with van der Waals surface area (Å²) in [7, 11) is 1.69. The van der Waals surface area contributed by atoms with Crippen molar-refractivity contribution in [3.05, 3.63) is 39.1 Å². The summed E-state index contributed by atoms with van der Waals surface area (Å²) in [5.41, 5.74) is 3.15. The SMILES string of the molecule is CCCNc1nc(-c2ccccc2C)nc(COC)c1I. The van der Waals surface area contributed by atoms with Crippen LogP contribution in [0.3, 0.4) is 0 Å². The topological polar surface area (TPSA) is 47.0 Å². The van der Waals surface area contributed by atoms with E-state index in [9.17, 15) is 0 Å². The molecule has 21 heavy (non-hydrogen) atoms. The summed E-state index contributed by atoms with van der Waals surface area (Å²) in [6.45, 7) is 5.60. The number of nitrogens with zero attached hydrogens (tertiary/aromatic N) is 2. The Hall–Kier alpha value is -1.21. The summed E-state index contributed by atoms with van der Waals surface area (Å²) >= 11 is 2.28. The number of nitrogens with one attached hydrogen (secondary N) is 1. The largest absolute Gasteiger partial charge is 0.378 e. The third-order valence-corrected chi connectivity index (χ3v) is 4.26. The normalized spacial score (nSPS) is 10.7. The number of halogens is 1. The second-order valence-corrected chi connectivity index (χ2v) is 5.91. The van der Waals surface area contributed by atoms with Gasteiger partial charge < -0.3 is 10.1 Å². The number of rotatable bonds is 6. The Bertz CT molecular complexity index is 616. The number of methoxy groups -OCH3 is 1. The van der Waals surface area contributed by atoms with E-state index in [1.54, 1.807) is 7.11 Å². The van der Waals surface area contributed by atoms with Crippen LogP contribution in [0.4, 0.5) is 5.82 Å². The summed E-state index contributed by atoms with van der Waals surface area (Å²) in [5, 5.41) is 3.38. The molecule has 1 N–H and O–H groups in total. The van der Waals surface area contributed by atoms with E-state index in [0.29, 0.717) is 6.61 Å². The molecule has 1 aromatic heterocycles. The third-order valence-electron chi connectivity index (χ3n) is 3.13. The molecule has 2 rings (SSSR count). The Balaban J connectivity index is 2.50. The van der Waals surface area contributed by atoms with Crippen LogP contribution in [0, 0.1) is 10.5 Å². The van der Waals surface area contributed by atoms with Crippen molar-refractivity contribution in [2.24, 2.45) is 0 Å². The molecule has 0 aliphatic heterocycles. The Morgan fingerprint density at radius 3 is 2.67 bits per heavy atom. The number of aromatic nitrogens is 2. The molecule has 5 heteroatoms. The average Bonchev–Trinajstić information content (AvgIpc) is 2.49. The fourth-order valence-electron chi connectivity index (χ4n) is 2.03. The smallest absolute Gasteiger partial charge is 0.162 e. The molecule has 0 spiro atoms. The van der Waals surface area contributed by atoms with E-state index >= 15 is 0 Å². The minimum Gasteiger partial charge on any atom is -0.378 e. The molecule has 1 heterocycles. The number of benzene rings is 1. The van der Waals surface area contributed by atoms with Crippen molar-refractivity contribution in [3.63, 3.8) is 0 Å². The molecule has 0 radical (unpaired) electrons. The van der Waals surface area contributed by atoms with Gasteiger partial charge in [0.15, 0.2) is 5.82 Å². The van der Waals surface area contributed by atoms with E-state index in [1.807, 2.05) is 12.1 Å². The summed E-state index contributed by atoms with van der Waals surface area (Å²) in [6, 6.07) is 8.17. The molecule has 0 saturated heterocycles. The van der Waals surface area contributed by atoms with Crippen LogP contribution >= 0.6 is 22.6 Å². The van der Waals surface area contributed by atoms with Gasteiger partial charge >= 0.3 is 0 Å². The van der Waals surface area contributed by atoms with E-state index in [2.05, 4.69) is 58.9 Å². The lowest BCUT2D eigenvalue weighted by molar-refractivity contribution is 0.181. The molecule has 0 amide bonds. The van der Waals surface area contributed by atoms with Gasteiger partial charge in [0.1, 0.15) is 5.82 Å². The minimum atomic E-state index is 0.487. The van der Waals surface area contributed by atoms with Crippen LogP contribution in [0.1, 0.15) is 24.6 Å². The first-order valence-corrected chi connectivity index (χ1v) is 8.10. The Labute approximate surface area is 139 Å². The van der Waals surface area contributed by atoms with E-state index in [-0.39, 0.29) is 0 Å². The Morgan fingerprint density at radius 1 is 1.24 bits per heavy atom. The van der Waals surface area contributed by atoms with Crippen molar-refractivity contribution in [2.45, 2.75) is 26.9 Å². The lowest BCUT2D eigenvalue weighted by Gasteiger charge is -2.13. The maximum Gasteiger partial charge on any atom is 0.162 e. The van der Waals surface area contributed by atoms with Gasteiger partial charge in [-0.05, 0) is 41.5 Å². The summed E-state index contributed by atoms with van der Waals surface area (Å²) in [6.07, 6.45) is 1.05. The second kappa shape index (κ2) is 7.70. The number of hydrogen-bond donors (Lipinski definition) is 1. The monoisotopic (exact) mass is 397 g/mol. The zero-order valence-corrected chi connectivity index (χ0v) is 14.8. The first kappa shape index (κ1) is 16.2. The molecule has 4 nitrogen and oxygen atoms in total. The number of aryl methyl sites for hydroxylation is 1. The number of hydrogen-bond acceptors (Lipinski definition) is 4. The van der Waals surface area contributed by atoms with Crippen LogP contribution in [-0.2, 0) is 11.3 Å². The number of ether oxygens (including phenoxy) is 1. The van der Waals surface area contributed by atoms with E-state index in [4.69, 9.17) is 9.72 Å². The van der Waals surface area contributed by atoms with Gasteiger partial charge in [0.05, 0.1) is 15.9 Å². The van der Waals surface area contributed by atoms with Crippen LogP contribution in [0.15, 0.2) is 24.3 Å². The molecule has 1 aromatic carbocycles. The molecule has 0 bridgehead atoms. The van der Waals surface area contributed by atoms with Crippen molar-refractivity contribution in [3.8, 4) is 11.4 Å². The molecule has 0 saturated carbocycles. The molecule has 0 fully saturated rings. The highest BCUT2D eigenvalue weighted by atomic mass is 127. The molecule has 2 aromatic rings. The van der Waals surface area contributed by atoms with Gasteiger partial charge in [0, 0.05) is 19.2 Å². The highest BCUT2D eigenvalue weighted by Gasteiger charge is 2.14. The van der Waals surface area contributed by atoms with Crippen LogP contribution in [0.5, 0.6) is 0 Å². The average molecular weight is 397 g/mol. The van der Waals surface area contributed by atoms with Crippen molar-refractivity contribution < 1.29 is 4.74 Å². The minimum absolute atomic E-state index is 0.487. The van der Waals surface area contributed by atoms with Crippen LogP contribution < -0.4 is 5.32 Å². The van der Waals surface area contributed by atoms with E-state index < -0.39 is 0 Å². The van der Waals surface area contributed by atoms with Crippen molar-refractivity contribution >= 4 is 28.4 Å². The van der Waals surface area contributed by atoms with Crippen LogP contribution in [-0.4, -0.2) is 23.6 Å². The first-order valence-electron chi connectivity index (χ1n) is 7.02. The second-order valence-electron chi connectivity index (χ2n) is 4.83. The fourth-order valence-corrected chi connectivity index (χ4v) is 2.62. The van der Waals surface area contributed by atoms with Crippen molar-refractivity contribution in [1.82, 2.24) is 9.97 Å². The van der Waals surface area contributed by atoms with E-state index in [0.717, 1.165) is 39.4 Å². The molecular formula is C16H20IN3O. The maximum atomic E-state index is 5.27. The fraction of sp³-hybridized carbons (Fsp3) is 0.375. The zero-order valence-electron chi connectivity index (χ0n) is 12.6. The third kappa shape index (κ3) is 3.91. The molecule has 112 valence electrons. The van der Waals surface area contributed by atoms with Gasteiger partial charge in [0.25, 0.3) is 0 Å². The summed E-state index contributed by atoms with van der Waals surface area (Å²) < 4.78 is 6.29. The molecule has 0 aliphatic rings. The van der Waals surface area contributed by atoms with Gasteiger partial charge in [-0.1, -0.05) is 31.2 Å². The van der Waals surface area contributed by atoms with Crippen LogP contribution in [0.25, 0.3) is 11.4 Å². The van der Waals surface area contributed by atoms with Crippen molar-refractivity contribution in [2.75, 3.05) is 19.0 Å². The van der Waals surface area contributed by atoms with Gasteiger partial charge in [-0.2, -0.15) is 0 Å². The Kier molecular flexibility index (Phi) is 5.93. The lowest BCUT2D eigenvalue weighted by Crippen LogP contribution is -2.10. The van der Waals surface area contributed by atoms with Crippen molar-refractivity contribution in [1.29, 1.82) is 0 Å². The summed E-state index contributed by atoms with van der Waals surface area (Å²) in [5.74, 6) is 1.64. The molecule has 0 aliphatic carbocycles. The highest BCUT2D eigenvalue weighted by molar-refractivity contribution is 14.1. The Morgan fingerprint density at radius 2 is 2.00 bits per heavy atom. The van der Waals surface area contributed by atoms with E-state index in [1.165, 1.54) is 5.56 Å². The predicted molar refractivity (Wildman–Crippen MR) is 94.4 cm³/mol. The lowest BCUT2D eigenvalue weighted by atomic mass is 10.1.